The van der Waals surface area contributed by atoms with Gasteiger partial charge >= 0.3 is 11.9 Å². The van der Waals surface area contributed by atoms with Gasteiger partial charge in [0.1, 0.15) is 5.00 Å². The molecule has 1 aliphatic carbocycles. The SMILES string of the molecule is CCOC(=O)c1c(NC(=O)C(C)(C)OC(C)=O)sc2c1CC[C@@H](CC)C2. The smallest absolute Gasteiger partial charge is 0.341 e. The molecule has 0 aliphatic heterocycles. The van der Waals surface area contributed by atoms with Crippen LogP contribution in [0.3, 0.4) is 0 Å². The summed E-state index contributed by atoms with van der Waals surface area (Å²) >= 11 is 1.43. The highest BCUT2D eigenvalue weighted by molar-refractivity contribution is 7.17. The van der Waals surface area contributed by atoms with Gasteiger partial charge in [0.25, 0.3) is 5.91 Å². The summed E-state index contributed by atoms with van der Waals surface area (Å²) in [5.74, 6) is -0.825. The fourth-order valence-corrected chi connectivity index (χ4v) is 4.51. The van der Waals surface area contributed by atoms with E-state index in [1.807, 2.05) is 0 Å². The van der Waals surface area contributed by atoms with Crippen LogP contribution in [0.4, 0.5) is 5.00 Å². The number of carbonyl (C=O) groups excluding carboxylic acids is 3. The minimum absolute atomic E-state index is 0.271. The molecule has 1 atom stereocenters. The average molecular weight is 381 g/mol. The first kappa shape index (κ1) is 20.4. The number of hydrogen-bond acceptors (Lipinski definition) is 6. The van der Waals surface area contributed by atoms with Crippen LogP contribution in [-0.4, -0.2) is 30.1 Å². The Morgan fingerprint density at radius 1 is 1.27 bits per heavy atom. The maximum Gasteiger partial charge on any atom is 0.341 e. The molecule has 0 unspecified atom stereocenters. The predicted molar refractivity (Wildman–Crippen MR) is 101 cm³/mol. The zero-order chi connectivity index (χ0) is 19.5. The summed E-state index contributed by atoms with van der Waals surface area (Å²) in [4.78, 5) is 37.5. The number of ether oxygens (including phenoxy) is 2. The van der Waals surface area contributed by atoms with Crippen molar-refractivity contribution in [3.8, 4) is 0 Å². The van der Waals surface area contributed by atoms with E-state index >= 15 is 0 Å². The summed E-state index contributed by atoms with van der Waals surface area (Å²) in [7, 11) is 0. The lowest BCUT2D eigenvalue weighted by Crippen LogP contribution is -2.41. The quantitative estimate of drug-likeness (QED) is 0.760. The number of fused-ring (bicyclic) bond motifs is 1. The van der Waals surface area contributed by atoms with E-state index in [-0.39, 0.29) is 6.61 Å². The van der Waals surface area contributed by atoms with Crippen molar-refractivity contribution in [1.29, 1.82) is 0 Å². The van der Waals surface area contributed by atoms with Crippen molar-refractivity contribution in [3.05, 3.63) is 16.0 Å². The van der Waals surface area contributed by atoms with Gasteiger partial charge in [0.05, 0.1) is 12.2 Å². The Morgan fingerprint density at radius 3 is 2.54 bits per heavy atom. The van der Waals surface area contributed by atoms with Gasteiger partial charge in [0.15, 0.2) is 5.60 Å². The molecule has 144 valence electrons. The molecule has 6 nitrogen and oxygen atoms in total. The lowest BCUT2D eigenvalue weighted by molar-refractivity contribution is -0.160. The lowest BCUT2D eigenvalue weighted by Gasteiger charge is -2.23. The summed E-state index contributed by atoms with van der Waals surface area (Å²) in [6, 6.07) is 0. The molecular formula is C19H27NO5S. The number of thiophene rings is 1. The molecular weight excluding hydrogens is 354 g/mol. The molecule has 1 amide bonds. The second-order valence-electron chi connectivity index (χ2n) is 7.00. The monoisotopic (exact) mass is 381 g/mol. The maximum absolute atomic E-state index is 12.6. The first-order valence-corrected chi connectivity index (χ1v) is 9.83. The second-order valence-corrected chi connectivity index (χ2v) is 8.11. The molecule has 2 rings (SSSR count). The molecule has 0 radical (unpaired) electrons. The van der Waals surface area contributed by atoms with E-state index in [9.17, 15) is 14.4 Å². The molecule has 0 saturated carbocycles. The van der Waals surface area contributed by atoms with E-state index in [0.717, 1.165) is 36.1 Å². The zero-order valence-corrected chi connectivity index (χ0v) is 16.9. The molecule has 0 fully saturated rings. The summed E-state index contributed by atoms with van der Waals surface area (Å²) in [5.41, 5.74) is 0.112. The molecule has 0 spiro atoms. The van der Waals surface area contributed by atoms with Crippen molar-refractivity contribution in [2.45, 2.75) is 65.9 Å². The van der Waals surface area contributed by atoms with Crippen LogP contribution in [0.25, 0.3) is 0 Å². The summed E-state index contributed by atoms with van der Waals surface area (Å²) in [5, 5.41) is 3.27. The van der Waals surface area contributed by atoms with E-state index in [1.54, 1.807) is 6.92 Å². The third-order valence-electron chi connectivity index (χ3n) is 4.60. The van der Waals surface area contributed by atoms with Crippen LogP contribution >= 0.6 is 11.3 Å². The Morgan fingerprint density at radius 2 is 1.96 bits per heavy atom. The lowest BCUT2D eigenvalue weighted by atomic mass is 9.85. The Bertz CT molecular complexity index is 707. The molecule has 0 saturated heterocycles. The first-order chi connectivity index (χ1) is 12.2. The standard InChI is InChI=1S/C19H27NO5S/c1-6-12-8-9-13-14(10-12)26-16(15(13)17(22)24-7-2)20-18(23)19(4,5)25-11(3)21/h12H,6-10H2,1-5H3,(H,20,23)/t12-/m1/s1. The average Bonchev–Trinajstić information content (AvgIpc) is 2.90. The summed E-state index contributed by atoms with van der Waals surface area (Å²) in [6.07, 6.45) is 3.83. The Labute approximate surface area is 158 Å². The maximum atomic E-state index is 12.6. The highest BCUT2D eigenvalue weighted by Gasteiger charge is 2.35. The van der Waals surface area contributed by atoms with Gasteiger partial charge in [-0.15, -0.1) is 11.3 Å². The Kier molecular flexibility index (Phi) is 6.44. The molecule has 1 heterocycles. The number of esters is 2. The van der Waals surface area contributed by atoms with Gasteiger partial charge in [0, 0.05) is 11.8 Å². The number of anilines is 1. The minimum Gasteiger partial charge on any atom is -0.462 e. The normalized spacial score (nSPS) is 16.6. The van der Waals surface area contributed by atoms with Gasteiger partial charge < -0.3 is 14.8 Å². The van der Waals surface area contributed by atoms with Gasteiger partial charge in [-0.1, -0.05) is 13.3 Å². The van der Waals surface area contributed by atoms with Crippen molar-refractivity contribution >= 4 is 34.2 Å². The van der Waals surface area contributed by atoms with Gasteiger partial charge in [0.2, 0.25) is 0 Å². The van der Waals surface area contributed by atoms with E-state index in [0.29, 0.717) is 16.5 Å². The van der Waals surface area contributed by atoms with Crippen LogP contribution in [0.2, 0.25) is 0 Å². The van der Waals surface area contributed by atoms with E-state index in [4.69, 9.17) is 9.47 Å². The minimum atomic E-state index is -1.33. The molecule has 26 heavy (non-hydrogen) atoms. The van der Waals surface area contributed by atoms with Gasteiger partial charge in [-0.3, -0.25) is 9.59 Å². The van der Waals surface area contributed by atoms with E-state index in [1.165, 1.54) is 32.1 Å². The van der Waals surface area contributed by atoms with Crippen LogP contribution in [0.5, 0.6) is 0 Å². The summed E-state index contributed by atoms with van der Waals surface area (Å²) in [6.45, 7) is 8.50. The molecule has 0 aromatic carbocycles. The van der Waals surface area contributed by atoms with E-state index in [2.05, 4.69) is 12.2 Å². The molecule has 1 N–H and O–H groups in total. The molecule has 1 aromatic heterocycles. The van der Waals surface area contributed by atoms with Crippen molar-refractivity contribution in [2.75, 3.05) is 11.9 Å². The van der Waals surface area contributed by atoms with Crippen LogP contribution in [0, 0.1) is 5.92 Å². The van der Waals surface area contributed by atoms with Crippen molar-refractivity contribution < 1.29 is 23.9 Å². The van der Waals surface area contributed by atoms with Crippen LogP contribution < -0.4 is 5.32 Å². The Balaban J connectivity index is 2.35. The molecule has 7 heteroatoms. The molecule has 0 bridgehead atoms. The topological polar surface area (TPSA) is 81.7 Å². The second kappa shape index (κ2) is 8.20. The van der Waals surface area contributed by atoms with Gasteiger partial charge in [-0.05, 0) is 51.5 Å². The van der Waals surface area contributed by atoms with E-state index < -0.39 is 23.4 Å². The van der Waals surface area contributed by atoms with Crippen molar-refractivity contribution in [1.82, 2.24) is 0 Å². The van der Waals surface area contributed by atoms with Gasteiger partial charge in [-0.2, -0.15) is 0 Å². The zero-order valence-electron chi connectivity index (χ0n) is 16.1. The fourth-order valence-electron chi connectivity index (χ4n) is 3.17. The Hall–Kier alpha value is -1.89. The number of rotatable bonds is 6. The predicted octanol–water partition coefficient (Wildman–Crippen LogP) is 3.72. The summed E-state index contributed by atoms with van der Waals surface area (Å²) < 4.78 is 10.3. The third kappa shape index (κ3) is 4.44. The van der Waals surface area contributed by atoms with Crippen LogP contribution in [-0.2, 0) is 31.9 Å². The number of hydrogen-bond donors (Lipinski definition) is 1. The highest BCUT2D eigenvalue weighted by atomic mass is 32.1. The first-order valence-electron chi connectivity index (χ1n) is 9.02. The number of amides is 1. The molecule has 1 aromatic rings. The number of nitrogens with one attached hydrogen (secondary N) is 1. The van der Waals surface area contributed by atoms with Crippen LogP contribution in [0.15, 0.2) is 0 Å². The van der Waals surface area contributed by atoms with Crippen molar-refractivity contribution in [2.24, 2.45) is 5.92 Å². The number of carbonyl (C=O) groups is 3. The largest absolute Gasteiger partial charge is 0.462 e. The third-order valence-corrected chi connectivity index (χ3v) is 5.77. The highest BCUT2D eigenvalue weighted by Crippen LogP contribution is 2.41. The van der Waals surface area contributed by atoms with Crippen molar-refractivity contribution in [3.63, 3.8) is 0 Å². The molecule has 1 aliphatic rings. The fraction of sp³-hybridized carbons (Fsp3) is 0.632. The van der Waals surface area contributed by atoms with Gasteiger partial charge in [-0.25, -0.2) is 4.79 Å². The van der Waals surface area contributed by atoms with Crippen LogP contribution in [0.1, 0.15) is 68.3 Å².